The van der Waals surface area contributed by atoms with Gasteiger partial charge in [-0.3, -0.25) is 4.79 Å². The Labute approximate surface area is 102 Å². The Hall–Kier alpha value is -1.29. The van der Waals surface area contributed by atoms with Gasteiger partial charge in [0.1, 0.15) is 0 Å². The van der Waals surface area contributed by atoms with E-state index < -0.39 is 0 Å². The highest BCUT2D eigenvalue weighted by Crippen LogP contribution is 2.14. The van der Waals surface area contributed by atoms with Crippen LogP contribution in [-0.4, -0.2) is 29.1 Å². The van der Waals surface area contributed by atoms with E-state index in [1.165, 1.54) is 25.6 Å². The number of pyridine rings is 1. The van der Waals surface area contributed by atoms with Crippen molar-refractivity contribution in [2.24, 2.45) is 5.92 Å². The highest BCUT2D eigenvalue weighted by Gasteiger charge is 2.17. The van der Waals surface area contributed by atoms with Crippen molar-refractivity contribution >= 4 is 5.69 Å². The minimum atomic E-state index is 0.0361. The molecule has 2 rings (SSSR count). The van der Waals surface area contributed by atoms with Crippen LogP contribution >= 0.6 is 0 Å². The van der Waals surface area contributed by atoms with E-state index in [1.807, 2.05) is 0 Å². The van der Waals surface area contributed by atoms with Crippen molar-refractivity contribution < 1.29 is 0 Å². The van der Waals surface area contributed by atoms with Gasteiger partial charge in [0.25, 0.3) is 5.56 Å². The number of hydrogen-bond donors (Lipinski definition) is 1. The zero-order valence-corrected chi connectivity index (χ0v) is 10.4. The van der Waals surface area contributed by atoms with Crippen LogP contribution in [0, 0.1) is 5.92 Å². The lowest BCUT2D eigenvalue weighted by atomic mass is 10.2. The molecule has 4 heteroatoms. The zero-order valence-electron chi connectivity index (χ0n) is 10.4. The van der Waals surface area contributed by atoms with Crippen LogP contribution in [0.15, 0.2) is 23.1 Å². The fourth-order valence-electron chi connectivity index (χ4n) is 2.42. The topological polar surface area (TPSA) is 51.3 Å². The fraction of sp³-hybridized carbons (Fsp3) is 0.615. The first-order chi connectivity index (χ1) is 8.15. The minimum absolute atomic E-state index is 0.0361. The number of aromatic nitrogens is 1. The molecule has 0 bridgehead atoms. The maximum atomic E-state index is 11.5. The first-order valence-corrected chi connectivity index (χ1v) is 6.33. The first kappa shape index (κ1) is 12.2. The molecule has 1 aromatic rings. The van der Waals surface area contributed by atoms with Gasteiger partial charge in [-0.2, -0.15) is 0 Å². The quantitative estimate of drug-likeness (QED) is 0.852. The van der Waals surface area contributed by atoms with Gasteiger partial charge in [0.2, 0.25) is 0 Å². The van der Waals surface area contributed by atoms with Crippen molar-refractivity contribution in [2.45, 2.75) is 26.3 Å². The number of rotatable bonds is 4. The molecule has 94 valence electrons. The predicted molar refractivity (Wildman–Crippen MR) is 70.0 cm³/mol. The lowest BCUT2D eigenvalue weighted by Gasteiger charge is -2.15. The Kier molecular flexibility index (Phi) is 3.84. The summed E-state index contributed by atoms with van der Waals surface area (Å²) >= 11 is 0. The maximum absolute atomic E-state index is 11.5. The summed E-state index contributed by atoms with van der Waals surface area (Å²) in [5.74, 6) is 0.824. The second-order valence-corrected chi connectivity index (χ2v) is 5.04. The van der Waals surface area contributed by atoms with Crippen molar-refractivity contribution in [3.05, 3.63) is 28.7 Å². The molecule has 0 aliphatic carbocycles. The number of likely N-dealkylation sites (tertiary alicyclic amines) is 1. The second-order valence-electron chi connectivity index (χ2n) is 5.04. The lowest BCUT2D eigenvalue weighted by Crippen LogP contribution is -2.25. The monoisotopic (exact) mass is 235 g/mol. The fourth-order valence-corrected chi connectivity index (χ4v) is 2.42. The average molecular weight is 235 g/mol. The van der Waals surface area contributed by atoms with E-state index in [4.69, 9.17) is 5.73 Å². The lowest BCUT2D eigenvalue weighted by molar-refractivity contribution is 0.315. The molecular weight excluding hydrogens is 214 g/mol. The Morgan fingerprint density at radius 3 is 2.94 bits per heavy atom. The standard InChI is InChI=1S/C13H21N3O/c1-11-5-8-15(9-11)6-2-7-16-10-12(14)3-4-13(16)17/h3-4,10-11H,2,5-9,14H2,1H3. The molecule has 17 heavy (non-hydrogen) atoms. The van der Waals surface area contributed by atoms with Crippen molar-refractivity contribution in [3.8, 4) is 0 Å². The molecule has 1 atom stereocenters. The Morgan fingerprint density at radius 1 is 1.41 bits per heavy atom. The van der Waals surface area contributed by atoms with E-state index >= 15 is 0 Å². The summed E-state index contributed by atoms with van der Waals surface area (Å²) in [6, 6.07) is 3.19. The Bertz CT molecular complexity index is 427. The molecule has 1 fully saturated rings. The summed E-state index contributed by atoms with van der Waals surface area (Å²) in [7, 11) is 0. The van der Waals surface area contributed by atoms with Crippen LogP contribution in [0.25, 0.3) is 0 Å². The van der Waals surface area contributed by atoms with Gasteiger partial charge in [0, 0.05) is 31.0 Å². The molecule has 1 aliphatic heterocycles. The summed E-state index contributed by atoms with van der Waals surface area (Å²) in [6.07, 6.45) is 4.04. The van der Waals surface area contributed by atoms with Crippen LogP contribution in [0.4, 0.5) is 5.69 Å². The van der Waals surface area contributed by atoms with Crippen LogP contribution in [0.1, 0.15) is 19.8 Å². The highest BCUT2D eigenvalue weighted by molar-refractivity contribution is 5.33. The van der Waals surface area contributed by atoms with Crippen LogP contribution in [-0.2, 0) is 6.54 Å². The predicted octanol–water partition coefficient (Wildman–Crippen LogP) is 1.16. The van der Waals surface area contributed by atoms with E-state index in [1.54, 1.807) is 16.8 Å². The molecule has 1 saturated heterocycles. The molecule has 2 heterocycles. The molecule has 1 aliphatic rings. The van der Waals surface area contributed by atoms with E-state index in [0.717, 1.165) is 25.4 Å². The summed E-state index contributed by atoms with van der Waals surface area (Å²) in [4.78, 5) is 14.0. The van der Waals surface area contributed by atoms with Crippen LogP contribution in [0.3, 0.4) is 0 Å². The molecular formula is C13H21N3O. The maximum Gasteiger partial charge on any atom is 0.250 e. The molecule has 4 nitrogen and oxygen atoms in total. The third kappa shape index (κ3) is 3.33. The Balaban J connectivity index is 1.82. The van der Waals surface area contributed by atoms with Gasteiger partial charge in [0.05, 0.1) is 0 Å². The van der Waals surface area contributed by atoms with E-state index in [9.17, 15) is 4.79 Å². The average Bonchev–Trinajstić information content (AvgIpc) is 2.69. The van der Waals surface area contributed by atoms with Crippen molar-refractivity contribution in [1.82, 2.24) is 9.47 Å². The van der Waals surface area contributed by atoms with Crippen molar-refractivity contribution in [3.63, 3.8) is 0 Å². The van der Waals surface area contributed by atoms with Gasteiger partial charge in [-0.1, -0.05) is 6.92 Å². The summed E-state index contributed by atoms with van der Waals surface area (Å²) in [5, 5.41) is 0. The molecule has 2 N–H and O–H groups in total. The van der Waals surface area contributed by atoms with Crippen LogP contribution in [0.5, 0.6) is 0 Å². The molecule has 0 saturated carbocycles. The molecule has 1 unspecified atom stereocenters. The third-order valence-corrected chi connectivity index (χ3v) is 3.39. The number of nitrogen functional groups attached to an aromatic ring is 1. The molecule has 0 radical (unpaired) electrons. The number of nitrogens with zero attached hydrogens (tertiary/aromatic N) is 2. The first-order valence-electron chi connectivity index (χ1n) is 6.33. The largest absolute Gasteiger partial charge is 0.398 e. The normalized spacial score (nSPS) is 20.9. The smallest absolute Gasteiger partial charge is 0.250 e. The van der Waals surface area contributed by atoms with Gasteiger partial charge >= 0.3 is 0 Å². The Morgan fingerprint density at radius 2 is 2.24 bits per heavy atom. The summed E-state index contributed by atoms with van der Waals surface area (Å²) in [5.41, 5.74) is 6.36. The van der Waals surface area contributed by atoms with E-state index in [0.29, 0.717) is 5.69 Å². The summed E-state index contributed by atoms with van der Waals surface area (Å²) in [6.45, 7) is 6.53. The molecule has 0 spiro atoms. The van der Waals surface area contributed by atoms with Gasteiger partial charge in [-0.15, -0.1) is 0 Å². The number of hydrogen-bond acceptors (Lipinski definition) is 3. The second kappa shape index (κ2) is 5.36. The van der Waals surface area contributed by atoms with Crippen LogP contribution < -0.4 is 11.3 Å². The zero-order chi connectivity index (χ0) is 12.3. The van der Waals surface area contributed by atoms with Crippen molar-refractivity contribution in [2.75, 3.05) is 25.4 Å². The van der Waals surface area contributed by atoms with E-state index in [-0.39, 0.29) is 5.56 Å². The minimum Gasteiger partial charge on any atom is -0.398 e. The molecule has 0 aromatic carbocycles. The highest BCUT2D eigenvalue weighted by atomic mass is 16.1. The van der Waals surface area contributed by atoms with Gasteiger partial charge in [-0.25, -0.2) is 0 Å². The SMILES string of the molecule is CC1CCN(CCCn2cc(N)ccc2=O)C1. The van der Waals surface area contributed by atoms with Crippen LogP contribution in [0.2, 0.25) is 0 Å². The third-order valence-electron chi connectivity index (χ3n) is 3.39. The number of nitrogens with two attached hydrogens (primary N) is 1. The molecule has 0 amide bonds. The summed E-state index contributed by atoms with van der Waals surface area (Å²) < 4.78 is 1.70. The number of anilines is 1. The van der Waals surface area contributed by atoms with Crippen molar-refractivity contribution in [1.29, 1.82) is 0 Å². The van der Waals surface area contributed by atoms with Gasteiger partial charge in [0.15, 0.2) is 0 Å². The molecule has 1 aromatic heterocycles. The van der Waals surface area contributed by atoms with Gasteiger partial charge < -0.3 is 15.2 Å². The number of aryl methyl sites for hydroxylation is 1. The van der Waals surface area contributed by atoms with E-state index in [2.05, 4.69) is 11.8 Å². The van der Waals surface area contributed by atoms with Gasteiger partial charge in [-0.05, 0) is 37.9 Å².